The second-order valence-electron chi connectivity index (χ2n) is 25.2. The molecule has 0 aliphatic carbocycles. The minimum atomic E-state index is -0.379. The van der Waals surface area contributed by atoms with Crippen LogP contribution in [0, 0.1) is 0 Å². The van der Waals surface area contributed by atoms with Gasteiger partial charge in [0.1, 0.15) is 22.3 Å². The number of para-hydroxylation sites is 2. The lowest BCUT2D eigenvalue weighted by molar-refractivity contribution is 0.569. The Hall–Kier alpha value is -10.1. The van der Waals surface area contributed by atoms with Crippen molar-refractivity contribution in [3.8, 4) is 55.6 Å². The van der Waals surface area contributed by atoms with E-state index in [1.165, 1.54) is 33.3 Å². The molecule has 2 aliphatic heterocycles. The first kappa shape index (κ1) is 50.6. The molecule has 0 N–H and O–H groups in total. The van der Waals surface area contributed by atoms with Crippen LogP contribution >= 0.6 is 0 Å². The fourth-order valence-corrected chi connectivity index (χ4v) is 13.7. The van der Waals surface area contributed by atoms with E-state index >= 15 is 0 Å². The molecular weight excluding hydrogens is 1030 g/mol. The Labute approximate surface area is 497 Å². The average molecular weight is 1090 g/mol. The van der Waals surface area contributed by atoms with Crippen LogP contribution in [0.15, 0.2) is 270 Å². The van der Waals surface area contributed by atoms with Crippen molar-refractivity contribution < 1.29 is 8.83 Å². The van der Waals surface area contributed by atoms with Gasteiger partial charge < -0.3 is 18.6 Å². The fourth-order valence-electron chi connectivity index (χ4n) is 13.7. The van der Waals surface area contributed by atoms with Gasteiger partial charge >= 0.3 is 0 Å². The maximum absolute atomic E-state index is 7.54. The Morgan fingerprint density at radius 3 is 1.01 bits per heavy atom. The highest BCUT2D eigenvalue weighted by Crippen LogP contribution is 2.52. The van der Waals surface area contributed by atoms with E-state index < -0.39 is 0 Å². The zero-order valence-corrected chi connectivity index (χ0v) is 48.6. The third-order valence-corrected chi connectivity index (χ3v) is 17.9. The molecule has 14 aromatic rings. The number of hydrogen-bond donors (Lipinski definition) is 0. The van der Waals surface area contributed by atoms with Gasteiger partial charge in [-0.3, -0.25) is 0 Å². The smallest absolute Gasteiger partial charge is 0.261 e. The van der Waals surface area contributed by atoms with Crippen LogP contribution in [0.3, 0.4) is 0 Å². The van der Waals surface area contributed by atoms with E-state index in [9.17, 15) is 0 Å². The standard InChI is InChI=1S/C80H61BN2O2/c1-79(2,3)58-43-56(44-59(47-58)80(4,5)6)57-45-66-74-67(46-57)83(61-41-37-53(38-42-61)51-25-13-8-14-26-51)69-49-65(55-29-17-10-18-30-55)73-63-32-20-22-34-71(63)85-78(73)76(69)81(74)75-68(82(66)60-39-35-52(36-40-60)50-23-11-7-12-24-50)48-64(54-27-15-9-16-28-54)72-62-31-19-21-33-70(62)84-77(72)75/h7-49H,1-6H3. The number of furan rings is 2. The van der Waals surface area contributed by atoms with E-state index in [1.54, 1.807) is 0 Å². The van der Waals surface area contributed by atoms with Gasteiger partial charge in [-0.1, -0.05) is 242 Å². The molecule has 0 unspecified atom stereocenters. The lowest BCUT2D eigenvalue weighted by atomic mass is 9.33. The van der Waals surface area contributed by atoms with Crippen molar-refractivity contribution in [1.82, 2.24) is 0 Å². The second-order valence-corrected chi connectivity index (χ2v) is 25.2. The summed E-state index contributed by atoms with van der Waals surface area (Å²) in [6.07, 6.45) is 0. The van der Waals surface area contributed by atoms with Crippen molar-refractivity contribution in [2.45, 2.75) is 52.4 Å². The maximum atomic E-state index is 7.54. The van der Waals surface area contributed by atoms with E-state index in [0.717, 1.165) is 128 Å². The van der Waals surface area contributed by atoms with E-state index in [-0.39, 0.29) is 17.5 Å². The van der Waals surface area contributed by atoms with Crippen molar-refractivity contribution >= 4 is 101 Å². The zero-order chi connectivity index (χ0) is 57.3. The van der Waals surface area contributed by atoms with Gasteiger partial charge in [-0.2, -0.15) is 0 Å². The number of hydrogen-bond acceptors (Lipinski definition) is 4. The van der Waals surface area contributed by atoms with Crippen molar-refractivity contribution in [3.63, 3.8) is 0 Å². The Morgan fingerprint density at radius 1 is 0.294 bits per heavy atom. The number of nitrogens with zero attached hydrogens (tertiary/aromatic N) is 2. The lowest BCUT2D eigenvalue weighted by Gasteiger charge is -2.44. The first-order valence-corrected chi connectivity index (χ1v) is 29.8. The molecule has 0 amide bonds. The average Bonchev–Trinajstić information content (AvgIpc) is 1.67. The summed E-state index contributed by atoms with van der Waals surface area (Å²) in [6, 6.07) is 96.0. The van der Waals surface area contributed by atoms with Crippen LogP contribution in [0.25, 0.3) is 99.5 Å². The van der Waals surface area contributed by atoms with Gasteiger partial charge in [0.2, 0.25) is 0 Å². The molecule has 5 heteroatoms. The first-order valence-electron chi connectivity index (χ1n) is 29.8. The Balaban J connectivity index is 1.10. The van der Waals surface area contributed by atoms with Gasteiger partial charge in [0.15, 0.2) is 0 Å². The SMILES string of the molecule is CC(C)(C)c1cc(-c2cc3c4c(c2)N(c2ccc(-c5ccccc5)cc2)c2cc(-c5ccccc5)c5c(oc6ccccc65)c2B4c2c(cc(-c4ccccc4)c4c2oc2ccccc24)N3c2ccc(-c3ccccc3)cc2)cc(C(C)(C)C)c1. The Bertz CT molecular complexity index is 4630. The molecule has 12 aromatic carbocycles. The van der Waals surface area contributed by atoms with Crippen LogP contribution in [-0.4, -0.2) is 6.71 Å². The molecule has 0 spiro atoms. The summed E-state index contributed by atoms with van der Waals surface area (Å²) in [4.78, 5) is 5.10. The minimum Gasteiger partial charge on any atom is -0.456 e. The van der Waals surface area contributed by atoms with E-state index in [0.29, 0.717) is 0 Å². The molecule has 0 bridgehead atoms. The highest BCUT2D eigenvalue weighted by molar-refractivity contribution is 7.03. The van der Waals surface area contributed by atoms with Crippen molar-refractivity contribution in [1.29, 1.82) is 0 Å². The maximum Gasteiger partial charge on any atom is 0.261 e. The van der Waals surface area contributed by atoms with Crippen molar-refractivity contribution in [2.75, 3.05) is 9.80 Å². The topological polar surface area (TPSA) is 32.8 Å². The first-order chi connectivity index (χ1) is 41.4. The van der Waals surface area contributed by atoms with Crippen LogP contribution in [0.5, 0.6) is 0 Å². The van der Waals surface area contributed by atoms with Crippen molar-refractivity contribution in [2.24, 2.45) is 0 Å². The predicted octanol–water partition coefficient (Wildman–Crippen LogP) is 20.5. The third kappa shape index (κ3) is 8.20. The van der Waals surface area contributed by atoms with E-state index in [1.807, 2.05) is 0 Å². The number of benzene rings is 12. The summed E-state index contributed by atoms with van der Waals surface area (Å²) in [5, 5.41) is 4.35. The van der Waals surface area contributed by atoms with Crippen molar-refractivity contribution in [3.05, 3.63) is 272 Å². The molecule has 4 heterocycles. The van der Waals surface area contributed by atoms with E-state index in [4.69, 9.17) is 8.83 Å². The highest BCUT2D eigenvalue weighted by Gasteiger charge is 2.48. The zero-order valence-electron chi connectivity index (χ0n) is 48.6. The molecule has 2 aromatic heterocycles. The normalized spacial score (nSPS) is 13.0. The van der Waals surface area contributed by atoms with Gasteiger partial charge in [-0.15, -0.1) is 0 Å². The Morgan fingerprint density at radius 2 is 0.624 bits per heavy atom. The third-order valence-electron chi connectivity index (χ3n) is 17.9. The van der Waals surface area contributed by atoms with Crippen LogP contribution in [0.1, 0.15) is 52.7 Å². The van der Waals surface area contributed by atoms with Crippen LogP contribution in [0.2, 0.25) is 0 Å². The van der Waals surface area contributed by atoms with Gasteiger partial charge in [0.05, 0.1) is 0 Å². The Kier molecular flexibility index (Phi) is 11.5. The lowest BCUT2D eigenvalue weighted by Crippen LogP contribution is -2.61. The van der Waals surface area contributed by atoms with Crippen LogP contribution in [0.4, 0.5) is 34.1 Å². The molecule has 0 atom stereocenters. The molecule has 16 rings (SSSR count). The van der Waals surface area contributed by atoms with Crippen LogP contribution in [-0.2, 0) is 10.8 Å². The quantitative estimate of drug-likeness (QED) is 0.149. The fraction of sp³-hybridized carbons (Fsp3) is 0.100. The predicted molar refractivity (Wildman–Crippen MR) is 360 cm³/mol. The molecule has 2 aliphatic rings. The molecule has 0 fully saturated rings. The van der Waals surface area contributed by atoms with Gasteiger partial charge in [0, 0.05) is 55.7 Å². The summed E-state index contributed by atoms with van der Waals surface area (Å²) in [7, 11) is 0. The second kappa shape index (κ2) is 19.2. The minimum absolute atomic E-state index is 0.113. The van der Waals surface area contributed by atoms with Gasteiger partial charge in [-0.05, 0) is 155 Å². The highest BCUT2D eigenvalue weighted by atomic mass is 16.3. The monoisotopic (exact) mass is 1090 g/mol. The summed E-state index contributed by atoms with van der Waals surface area (Å²) in [5.41, 5.74) is 27.0. The number of anilines is 6. The molecule has 0 radical (unpaired) electrons. The molecule has 406 valence electrons. The number of rotatable bonds is 7. The van der Waals surface area contributed by atoms with Gasteiger partial charge in [0.25, 0.3) is 6.71 Å². The summed E-state index contributed by atoms with van der Waals surface area (Å²) >= 11 is 0. The summed E-state index contributed by atoms with van der Waals surface area (Å²) in [6.45, 7) is 13.6. The largest absolute Gasteiger partial charge is 0.456 e. The molecular formula is C80H61BN2O2. The van der Waals surface area contributed by atoms with E-state index in [2.05, 4.69) is 312 Å². The molecule has 4 nitrogen and oxygen atoms in total. The molecule has 0 saturated carbocycles. The molecule has 0 saturated heterocycles. The van der Waals surface area contributed by atoms with Gasteiger partial charge in [-0.25, -0.2) is 0 Å². The van der Waals surface area contributed by atoms with Crippen LogP contribution < -0.4 is 26.2 Å². The summed E-state index contributed by atoms with van der Waals surface area (Å²) in [5.74, 6) is 0. The number of fused-ring (bicyclic) bond motifs is 12. The summed E-state index contributed by atoms with van der Waals surface area (Å²) < 4.78 is 15.1. The molecule has 85 heavy (non-hydrogen) atoms.